The lowest BCUT2D eigenvalue weighted by atomic mass is 10.0. The largest absolute Gasteiger partial charge is 0.444 e. The van der Waals surface area contributed by atoms with Crippen LogP contribution >= 0.6 is 0 Å². The standard InChI is InChI=1S/C23H35N3O5S/c1-23(2,3)31-22(28)24-16-19-12-6-7-14-26(19)21(27)17-9-8-13-20(15-17)32(29,30)25-18-10-4-5-11-18/h8-9,13,15,18-19,25H,4-7,10-12,14,16H2,1-3H3,(H,24,28). The predicted molar refractivity (Wildman–Crippen MR) is 122 cm³/mol. The molecule has 1 unspecified atom stereocenters. The number of nitrogens with one attached hydrogen (secondary N) is 2. The monoisotopic (exact) mass is 465 g/mol. The lowest BCUT2D eigenvalue weighted by Crippen LogP contribution is -2.50. The molecule has 1 saturated carbocycles. The van der Waals surface area contributed by atoms with Crippen LogP contribution in [0.15, 0.2) is 29.2 Å². The van der Waals surface area contributed by atoms with Crippen LogP contribution in [0.5, 0.6) is 0 Å². The van der Waals surface area contributed by atoms with Crippen LogP contribution in [-0.2, 0) is 14.8 Å². The maximum absolute atomic E-state index is 13.3. The van der Waals surface area contributed by atoms with E-state index in [9.17, 15) is 18.0 Å². The van der Waals surface area contributed by atoms with Crippen LogP contribution in [0, 0.1) is 0 Å². The molecule has 1 saturated heterocycles. The summed E-state index contributed by atoms with van der Waals surface area (Å²) in [6.07, 6.45) is 5.83. The van der Waals surface area contributed by atoms with E-state index in [0.29, 0.717) is 18.7 Å². The summed E-state index contributed by atoms with van der Waals surface area (Å²) < 4.78 is 33.6. The summed E-state index contributed by atoms with van der Waals surface area (Å²) >= 11 is 0. The minimum absolute atomic E-state index is 0.0373. The van der Waals surface area contributed by atoms with Crippen LogP contribution in [-0.4, -0.2) is 56.1 Å². The summed E-state index contributed by atoms with van der Waals surface area (Å²) in [5.41, 5.74) is -0.256. The van der Waals surface area contributed by atoms with Gasteiger partial charge in [0.05, 0.1) is 4.90 Å². The molecule has 0 bridgehead atoms. The van der Waals surface area contributed by atoms with Gasteiger partial charge in [-0.1, -0.05) is 18.9 Å². The second-order valence-electron chi connectivity index (χ2n) is 9.66. The van der Waals surface area contributed by atoms with E-state index < -0.39 is 21.7 Å². The average Bonchev–Trinajstić information content (AvgIpc) is 3.23. The molecule has 0 aromatic heterocycles. The Balaban J connectivity index is 1.69. The second-order valence-corrected chi connectivity index (χ2v) is 11.4. The van der Waals surface area contributed by atoms with Gasteiger partial charge >= 0.3 is 6.09 Å². The molecule has 0 radical (unpaired) electrons. The summed E-state index contributed by atoms with van der Waals surface area (Å²) in [5, 5.41) is 2.76. The van der Waals surface area contributed by atoms with Crippen molar-refractivity contribution >= 4 is 22.0 Å². The van der Waals surface area contributed by atoms with Crippen molar-refractivity contribution in [1.82, 2.24) is 14.9 Å². The van der Waals surface area contributed by atoms with Crippen LogP contribution in [0.25, 0.3) is 0 Å². The number of carbonyl (C=O) groups is 2. The van der Waals surface area contributed by atoms with Gasteiger partial charge in [-0.2, -0.15) is 0 Å². The predicted octanol–water partition coefficient (Wildman–Crippen LogP) is 3.43. The van der Waals surface area contributed by atoms with Crippen LogP contribution in [0.2, 0.25) is 0 Å². The third-order valence-corrected chi connectivity index (χ3v) is 7.36. The van der Waals surface area contributed by atoms with E-state index in [-0.39, 0.29) is 22.9 Å². The van der Waals surface area contributed by atoms with Gasteiger partial charge in [-0.25, -0.2) is 17.9 Å². The maximum atomic E-state index is 13.3. The number of sulfonamides is 1. The van der Waals surface area contributed by atoms with E-state index in [1.54, 1.807) is 37.8 Å². The summed E-state index contributed by atoms with van der Waals surface area (Å²) in [5.74, 6) is -0.224. The number of hydrogen-bond acceptors (Lipinski definition) is 5. The van der Waals surface area contributed by atoms with Crippen molar-refractivity contribution in [2.24, 2.45) is 0 Å². The van der Waals surface area contributed by atoms with E-state index in [4.69, 9.17) is 4.74 Å². The summed E-state index contributed by atoms with van der Waals surface area (Å²) in [6, 6.07) is 6.02. The highest BCUT2D eigenvalue weighted by molar-refractivity contribution is 7.89. The quantitative estimate of drug-likeness (QED) is 0.670. The van der Waals surface area contributed by atoms with Gasteiger partial charge in [0, 0.05) is 30.7 Å². The second kappa shape index (κ2) is 10.2. The van der Waals surface area contributed by atoms with Gasteiger partial charge in [0.25, 0.3) is 5.91 Å². The van der Waals surface area contributed by atoms with Crippen molar-refractivity contribution in [2.45, 2.75) is 88.3 Å². The van der Waals surface area contributed by atoms with Crippen LogP contribution in [0.1, 0.15) is 76.1 Å². The molecule has 1 aromatic carbocycles. The molecule has 2 amide bonds. The number of likely N-dealkylation sites (tertiary alicyclic amines) is 1. The van der Waals surface area contributed by atoms with E-state index in [0.717, 1.165) is 44.9 Å². The molecule has 2 N–H and O–H groups in total. The number of alkyl carbamates (subject to hydrolysis) is 1. The van der Waals surface area contributed by atoms with Gasteiger partial charge in [-0.05, 0) is 71.1 Å². The minimum atomic E-state index is -3.68. The summed E-state index contributed by atoms with van der Waals surface area (Å²) in [7, 11) is -3.68. The van der Waals surface area contributed by atoms with E-state index in [1.165, 1.54) is 12.1 Å². The molecule has 3 rings (SSSR count). The minimum Gasteiger partial charge on any atom is -0.444 e. The molecule has 2 fully saturated rings. The molecule has 1 aromatic rings. The van der Waals surface area contributed by atoms with Crippen LogP contribution in [0.4, 0.5) is 4.79 Å². The van der Waals surface area contributed by atoms with Crippen molar-refractivity contribution in [1.29, 1.82) is 0 Å². The highest BCUT2D eigenvalue weighted by Crippen LogP contribution is 2.23. The molecule has 1 heterocycles. The Morgan fingerprint density at radius 3 is 2.47 bits per heavy atom. The molecule has 9 heteroatoms. The molecule has 1 aliphatic carbocycles. The van der Waals surface area contributed by atoms with Crippen molar-refractivity contribution in [3.8, 4) is 0 Å². The van der Waals surface area contributed by atoms with E-state index >= 15 is 0 Å². The highest BCUT2D eigenvalue weighted by Gasteiger charge is 2.30. The van der Waals surface area contributed by atoms with Crippen LogP contribution < -0.4 is 10.0 Å². The van der Waals surface area contributed by atoms with Crippen LogP contribution in [0.3, 0.4) is 0 Å². The number of amides is 2. The molecule has 1 aliphatic heterocycles. The number of nitrogens with zero attached hydrogens (tertiary/aromatic N) is 1. The van der Waals surface area contributed by atoms with Gasteiger partial charge in [-0.15, -0.1) is 0 Å². The molecule has 32 heavy (non-hydrogen) atoms. The Kier molecular flexibility index (Phi) is 7.82. The zero-order valence-corrected chi connectivity index (χ0v) is 20.0. The van der Waals surface area contributed by atoms with Gasteiger partial charge in [0.1, 0.15) is 5.60 Å². The Hall–Kier alpha value is -2.13. The van der Waals surface area contributed by atoms with Crippen molar-refractivity contribution in [3.63, 3.8) is 0 Å². The Morgan fingerprint density at radius 1 is 1.09 bits per heavy atom. The van der Waals surface area contributed by atoms with Gasteiger partial charge in [-0.3, -0.25) is 4.79 Å². The van der Waals surface area contributed by atoms with Crippen molar-refractivity contribution in [3.05, 3.63) is 29.8 Å². The first-order valence-electron chi connectivity index (χ1n) is 11.5. The fourth-order valence-electron chi connectivity index (χ4n) is 4.29. The lowest BCUT2D eigenvalue weighted by molar-refractivity contribution is 0.0462. The number of hydrogen-bond donors (Lipinski definition) is 2. The number of ether oxygens (including phenoxy) is 1. The topological polar surface area (TPSA) is 105 Å². The molecule has 2 aliphatic rings. The Labute approximate surface area is 191 Å². The van der Waals surface area contributed by atoms with Crippen molar-refractivity contribution < 1.29 is 22.7 Å². The fourth-order valence-corrected chi connectivity index (χ4v) is 5.64. The molecule has 8 nitrogen and oxygen atoms in total. The first-order valence-corrected chi connectivity index (χ1v) is 12.9. The zero-order chi connectivity index (χ0) is 23.4. The molecule has 0 spiro atoms. The number of carbonyl (C=O) groups excluding carboxylic acids is 2. The first-order chi connectivity index (χ1) is 15.0. The number of piperidine rings is 1. The smallest absolute Gasteiger partial charge is 0.407 e. The maximum Gasteiger partial charge on any atom is 0.407 e. The number of rotatable bonds is 6. The number of benzene rings is 1. The van der Waals surface area contributed by atoms with E-state index in [1.807, 2.05) is 0 Å². The Bertz CT molecular complexity index is 920. The average molecular weight is 466 g/mol. The third-order valence-electron chi connectivity index (χ3n) is 5.84. The summed E-state index contributed by atoms with van der Waals surface area (Å²) in [4.78, 5) is 27.1. The SMILES string of the molecule is CC(C)(C)OC(=O)NCC1CCCCN1C(=O)c1cccc(S(=O)(=O)NC2CCCC2)c1. The molecular weight excluding hydrogens is 430 g/mol. The molecule has 178 valence electrons. The summed E-state index contributed by atoms with van der Waals surface area (Å²) in [6.45, 7) is 6.25. The third kappa shape index (κ3) is 6.68. The lowest BCUT2D eigenvalue weighted by Gasteiger charge is -2.36. The fraction of sp³-hybridized carbons (Fsp3) is 0.652. The molecule has 1 atom stereocenters. The van der Waals surface area contributed by atoms with Gasteiger partial charge in [0.2, 0.25) is 10.0 Å². The van der Waals surface area contributed by atoms with Crippen molar-refractivity contribution in [2.75, 3.05) is 13.1 Å². The Morgan fingerprint density at radius 2 is 1.78 bits per heavy atom. The first kappa shape index (κ1) is 24.5. The molecular formula is C23H35N3O5S. The van der Waals surface area contributed by atoms with E-state index in [2.05, 4.69) is 10.0 Å². The highest BCUT2D eigenvalue weighted by atomic mass is 32.2. The normalized spacial score (nSPS) is 20.2. The van der Waals surface area contributed by atoms with Gasteiger partial charge in [0.15, 0.2) is 0 Å². The zero-order valence-electron chi connectivity index (χ0n) is 19.2. The van der Waals surface area contributed by atoms with Gasteiger partial charge < -0.3 is 15.0 Å².